The van der Waals surface area contributed by atoms with Gasteiger partial charge in [-0.25, -0.2) is 4.79 Å². The smallest absolute Gasteiger partial charge is 0.328 e. The van der Waals surface area contributed by atoms with E-state index in [1.54, 1.807) is 6.08 Å². The third kappa shape index (κ3) is 4.86. The second kappa shape index (κ2) is 8.96. The molecule has 1 heterocycles. The predicted octanol–water partition coefficient (Wildman–Crippen LogP) is 4.17. The van der Waals surface area contributed by atoms with E-state index < -0.39 is 23.2 Å². The monoisotopic (exact) mass is 411 g/mol. The van der Waals surface area contributed by atoms with Crippen LogP contribution in [0.25, 0.3) is 6.08 Å². The van der Waals surface area contributed by atoms with Gasteiger partial charge in [0.1, 0.15) is 18.4 Å². The number of imide groups is 1. The summed E-state index contributed by atoms with van der Waals surface area (Å²) in [6, 6.07) is 14.4. The normalized spacial score (nSPS) is 16.2. The van der Waals surface area contributed by atoms with Gasteiger partial charge in [-0.1, -0.05) is 42.0 Å². The molecule has 0 saturated carbocycles. The van der Waals surface area contributed by atoms with Crippen molar-refractivity contribution in [1.82, 2.24) is 4.90 Å². The SMILES string of the molecule is COC(=O)[C@H](C)N1C(=O)S/C(=C/c2ccc(OCc3cccc(C)c3)cc2)C1=O. The number of carbonyl (C=O) groups is 3. The number of aryl methyl sites for hydroxylation is 1. The Labute approximate surface area is 173 Å². The minimum absolute atomic E-state index is 0.263. The molecule has 2 amide bonds. The fraction of sp³-hybridized carbons (Fsp3) is 0.227. The zero-order valence-corrected chi connectivity index (χ0v) is 17.2. The zero-order valence-electron chi connectivity index (χ0n) is 16.4. The van der Waals surface area contributed by atoms with Crippen molar-refractivity contribution in [2.24, 2.45) is 0 Å². The molecule has 1 saturated heterocycles. The molecule has 1 fully saturated rings. The zero-order chi connectivity index (χ0) is 21.0. The summed E-state index contributed by atoms with van der Waals surface area (Å²) in [5.74, 6) is -0.433. The molecule has 2 aromatic carbocycles. The molecule has 0 bridgehead atoms. The predicted molar refractivity (Wildman–Crippen MR) is 111 cm³/mol. The van der Waals surface area contributed by atoms with Gasteiger partial charge in [0.15, 0.2) is 0 Å². The lowest BCUT2D eigenvalue weighted by Gasteiger charge is -2.18. The van der Waals surface area contributed by atoms with E-state index in [1.807, 2.05) is 49.4 Å². The maximum absolute atomic E-state index is 12.5. The van der Waals surface area contributed by atoms with Crippen molar-refractivity contribution in [3.05, 3.63) is 70.1 Å². The van der Waals surface area contributed by atoms with Gasteiger partial charge in [0.2, 0.25) is 0 Å². The second-order valence-corrected chi connectivity index (χ2v) is 7.59. The Hall–Kier alpha value is -3.06. The molecule has 1 aliphatic heterocycles. The van der Waals surface area contributed by atoms with Gasteiger partial charge in [-0.15, -0.1) is 0 Å². The molecule has 0 unspecified atom stereocenters. The number of methoxy groups -OCH3 is 1. The Bertz CT molecular complexity index is 967. The van der Waals surface area contributed by atoms with Gasteiger partial charge in [0.05, 0.1) is 12.0 Å². The van der Waals surface area contributed by atoms with Crippen molar-refractivity contribution in [3.8, 4) is 5.75 Å². The standard InChI is InChI=1S/C22H21NO5S/c1-14-5-4-6-17(11-14)13-28-18-9-7-16(8-10-18)12-19-20(24)23(22(26)29-19)15(2)21(25)27-3/h4-12,15H,13H2,1-3H3/b19-12+/t15-/m0/s1. The molecule has 3 rings (SSSR count). The lowest BCUT2D eigenvalue weighted by atomic mass is 10.1. The lowest BCUT2D eigenvalue weighted by Crippen LogP contribution is -2.42. The van der Waals surface area contributed by atoms with Crippen molar-refractivity contribution in [3.63, 3.8) is 0 Å². The molecule has 1 atom stereocenters. The minimum atomic E-state index is -0.962. The van der Waals surface area contributed by atoms with Crippen LogP contribution in [0.3, 0.4) is 0 Å². The van der Waals surface area contributed by atoms with Crippen LogP contribution in [0, 0.1) is 6.92 Å². The highest BCUT2D eigenvalue weighted by atomic mass is 32.2. The molecule has 0 aliphatic carbocycles. The average Bonchev–Trinajstić information content (AvgIpc) is 2.99. The summed E-state index contributed by atoms with van der Waals surface area (Å²) in [5.41, 5.74) is 3.02. The number of thioether (sulfide) groups is 1. The summed E-state index contributed by atoms with van der Waals surface area (Å²) in [7, 11) is 1.22. The maximum Gasteiger partial charge on any atom is 0.328 e. The van der Waals surface area contributed by atoms with Gasteiger partial charge in [-0.2, -0.15) is 0 Å². The Morgan fingerprint density at radius 1 is 1.17 bits per heavy atom. The van der Waals surface area contributed by atoms with Crippen molar-refractivity contribution in [2.45, 2.75) is 26.5 Å². The van der Waals surface area contributed by atoms with Gasteiger partial charge in [-0.05, 0) is 54.9 Å². The van der Waals surface area contributed by atoms with Gasteiger partial charge in [0, 0.05) is 0 Å². The van der Waals surface area contributed by atoms with Crippen LogP contribution in [0.2, 0.25) is 0 Å². The minimum Gasteiger partial charge on any atom is -0.489 e. The highest BCUT2D eigenvalue weighted by Crippen LogP contribution is 2.34. The quantitative estimate of drug-likeness (QED) is 0.525. The molecular weight excluding hydrogens is 390 g/mol. The van der Waals surface area contributed by atoms with E-state index in [-0.39, 0.29) is 4.91 Å². The number of esters is 1. The number of ether oxygens (including phenoxy) is 2. The number of nitrogens with zero attached hydrogens (tertiary/aromatic N) is 1. The van der Waals surface area contributed by atoms with Crippen LogP contribution < -0.4 is 4.74 Å². The van der Waals surface area contributed by atoms with Gasteiger partial charge in [0.25, 0.3) is 11.1 Å². The highest BCUT2D eigenvalue weighted by Gasteiger charge is 2.41. The number of amides is 2. The van der Waals surface area contributed by atoms with E-state index in [0.717, 1.165) is 27.8 Å². The van der Waals surface area contributed by atoms with Crippen LogP contribution in [-0.2, 0) is 20.9 Å². The van der Waals surface area contributed by atoms with E-state index in [2.05, 4.69) is 10.8 Å². The first-order valence-electron chi connectivity index (χ1n) is 9.02. The summed E-state index contributed by atoms with van der Waals surface area (Å²) in [4.78, 5) is 37.5. The second-order valence-electron chi connectivity index (χ2n) is 6.60. The third-order valence-electron chi connectivity index (χ3n) is 4.42. The molecule has 2 aromatic rings. The third-order valence-corrected chi connectivity index (χ3v) is 5.30. The Kier molecular flexibility index (Phi) is 6.39. The van der Waals surface area contributed by atoms with E-state index in [1.165, 1.54) is 19.6 Å². The molecule has 0 N–H and O–H groups in total. The first-order valence-corrected chi connectivity index (χ1v) is 9.84. The fourth-order valence-corrected chi connectivity index (χ4v) is 3.78. The van der Waals surface area contributed by atoms with Crippen molar-refractivity contribution < 1.29 is 23.9 Å². The summed E-state index contributed by atoms with van der Waals surface area (Å²) < 4.78 is 10.4. The number of hydrogen-bond acceptors (Lipinski definition) is 6. The first kappa shape index (κ1) is 20.7. The van der Waals surface area contributed by atoms with Gasteiger partial charge in [-0.3, -0.25) is 14.5 Å². The molecule has 1 aliphatic rings. The van der Waals surface area contributed by atoms with Crippen LogP contribution in [0.1, 0.15) is 23.6 Å². The van der Waals surface area contributed by atoms with Crippen LogP contribution in [0.4, 0.5) is 4.79 Å². The van der Waals surface area contributed by atoms with Gasteiger partial charge >= 0.3 is 5.97 Å². The van der Waals surface area contributed by atoms with E-state index in [0.29, 0.717) is 12.4 Å². The maximum atomic E-state index is 12.5. The number of hydrogen-bond donors (Lipinski definition) is 0. The largest absolute Gasteiger partial charge is 0.489 e. The van der Waals surface area contributed by atoms with Crippen molar-refractivity contribution >= 4 is 35.0 Å². The molecule has 150 valence electrons. The number of rotatable bonds is 6. The summed E-state index contributed by atoms with van der Waals surface area (Å²) in [6.45, 7) is 3.96. The Balaban J connectivity index is 1.67. The van der Waals surface area contributed by atoms with E-state index >= 15 is 0 Å². The fourth-order valence-electron chi connectivity index (χ4n) is 2.87. The Morgan fingerprint density at radius 2 is 1.90 bits per heavy atom. The van der Waals surface area contributed by atoms with Crippen LogP contribution >= 0.6 is 11.8 Å². The van der Waals surface area contributed by atoms with E-state index in [9.17, 15) is 14.4 Å². The van der Waals surface area contributed by atoms with Crippen LogP contribution in [0.5, 0.6) is 5.75 Å². The summed E-state index contributed by atoms with van der Waals surface area (Å²) >= 11 is 0.805. The van der Waals surface area contributed by atoms with Gasteiger partial charge < -0.3 is 9.47 Å². The van der Waals surface area contributed by atoms with Crippen molar-refractivity contribution in [2.75, 3.05) is 7.11 Å². The topological polar surface area (TPSA) is 72.9 Å². The summed E-state index contributed by atoms with van der Waals surface area (Å²) in [6.07, 6.45) is 1.62. The molecule has 29 heavy (non-hydrogen) atoms. The Morgan fingerprint density at radius 3 is 2.55 bits per heavy atom. The number of carbonyl (C=O) groups excluding carboxylic acids is 3. The highest BCUT2D eigenvalue weighted by molar-refractivity contribution is 8.18. The van der Waals surface area contributed by atoms with Crippen molar-refractivity contribution in [1.29, 1.82) is 0 Å². The molecule has 6 nitrogen and oxygen atoms in total. The van der Waals surface area contributed by atoms with Crippen LogP contribution in [0.15, 0.2) is 53.4 Å². The molecule has 7 heteroatoms. The lowest BCUT2D eigenvalue weighted by molar-refractivity contribution is -0.148. The molecule has 0 aromatic heterocycles. The van der Waals surface area contributed by atoms with E-state index in [4.69, 9.17) is 4.74 Å². The molecule has 0 radical (unpaired) electrons. The summed E-state index contributed by atoms with van der Waals surface area (Å²) in [5, 5.41) is -0.489. The molecule has 0 spiro atoms. The number of benzene rings is 2. The molecular formula is C22H21NO5S. The average molecular weight is 411 g/mol. The van der Waals surface area contributed by atoms with Crippen LogP contribution in [-0.4, -0.2) is 35.2 Å². The first-order chi connectivity index (χ1) is 13.9.